The van der Waals surface area contributed by atoms with Gasteiger partial charge in [0.25, 0.3) is 5.91 Å². The van der Waals surface area contributed by atoms with Gasteiger partial charge in [-0.15, -0.1) is 0 Å². The summed E-state index contributed by atoms with van der Waals surface area (Å²) in [6.45, 7) is 6.25. The lowest BCUT2D eigenvalue weighted by Crippen LogP contribution is -2.37. The number of thioether (sulfide) groups is 1. The molecule has 2 aromatic rings. The van der Waals surface area contributed by atoms with Crippen LogP contribution in [0.2, 0.25) is 0 Å². The van der Waals surface area contributed by atoms with Crippen LogP contribution < -0.4 is 10.1 Å². The number of hydrogen-bond donors (Lipinski definition) is 1. The summed E-state index contributed by atoms with van der Waals surface area (Å²) in [5.41, 5.74) is 2.86. The topological polar surface area (TPSA) is 38.3 Å². The average molecular weight is 361 g/mol. The molecule has 0 saturated heterocycles. The maximum absolute atomic E-state index is 13.5. The van der Waals surface area contributed by atoms with Crippen LogP contribution in [0.25, 0.3) is 0 Å². The Balaban J connectivity index is 1.70. The van der Waals surface area contributed by atoms with E-state index in [9.17, 15) is 9.18 Å². The normalized spacial score (nSPS) is 11.8. The Bertz CT molecular complexity index is 721. The van der Waals surface area contributed by atoms with Gasteiger partial charge in [-0.3, -0.25) is 4.79 Å². The lowest BCUT2D eigenvalue weighted by Gasteiger charge is -2.16. The number of benzene rings is 2. The van der Waals surface area contributed by atoms with E-state index >= 15 is 0 Å². The molecule has 0 fully saturated rings. The van der Waals surface area contributed by atoms with Gasteiger partial charge in [0, 0.05) is 18.1 Å². The van der Waals surface area contributed by atoms with Gasteiger partial charge in [0.1, 0.15) is 11.6 Å². The van der Waals surface area contributed by atoms with Gasteiger partial charge in [-0.1, -0.05) is 35.9 Å². The number of halogens is 1. The van der Waals surface area contributed by atoms with E-state index in [0.717, 1.165) is 22.6 Å². The van der Waals surface area contributed by atoms with Gasteiger partial charge in [-0.05, 0) is 44.0 Å². The van der Waals surface area contributed by atoms with Gasteiger partial charge in [0.2, 0.25) is 0 Å². The van der Waals surface area contributed by atoms with Gasteiger partial charge in [0.05, 0.1) is 0 Å². The molecule has 0 aliphatic heterocycles. The van der Waals surface area contributed by atoms with Crippen LogP contribution in [0.1, 0.15) is 23.6 Å². The second-order valence-corrected chi connectivity index (χ2v) is 7.07. The molecule has 3 nitrogen and oxygen atoms in total. The molecule has 1 N–H and O–H groups in total. The van der Waals surface area contributed by atoms with E-state index in [2.05, 4.69) is 5.32 Å². The lowest BCUT2D eigenvalue weighted by atomic mass is 10.1. The molecule has 2 rings (SSSR count). The fourth-order valence-corrected chi connectivity index (χ4v) is 3.21. The van der Waals surface area contributed by atoms with Crippen LogP contribution >= 0.6 is 11.8 Å². The van der Waals surface area contributed by atoms with Crippen LogP contribution in [-0.2, 0) is 10.5 Å². The number of hydrogen-bond acceptors (Lipinski definition) is 3. The number of nitrogens with one attached hydrogen (secondary N) is 1. The number of rotatable bonds is 8. The summed E-state index contributed by atoms with van der Waals surface area (Å²) in [6.07, 6.45) is -0.557. The fraction of sp³-hybridized carbons (Fsp3) is 0.350. The largest absolute Gasteiger partial charge is 0.481 e. The van der Waals surface area contributed by atoms with Crippen molar-refractivity contribution in [3.63, 3.8) is 0 Å². The Morgan fingerprint density at radius 2 is 2.00 bits per heavy atom. The minimum absolute atomic E-state index is 0.147. The first-order valence-corrected chi connectivity index (χ1v) is 9.45. The minimum atomic E-state index is -0.557. The van der Waals surface area contributed by atoms with E-state index < -0.39 is 6.10 Å². The Kier molecular flexibility index (Phi) is 7.31. The van der Waals surface area contributed by atoms with Crippen LogP contribution in [0, 0.1) is 19.7 Å². The summed E-state index contributed by atoms with van der Waals surface area (Å²) in [7, 11) is 0. The third-order valence-electron chi connectivity index (χ3n) is 3.76. The van der Waals surface area contributed by atoms with Crippen molar-refractivity contribution in [1.29, 1.82) is 0 Å². The molecule has 0 bridgehead atoms. The Morgan fingerprint density at radius 3 is 2.72 bits per heavy atom. The van der Waals surface area contributed by atoms with Crippen LogP contribution in [0.3, 0.4) is 0 Å². The van der Waals surface area contributed by atoms with E-state index in [1.54, 1.807) is 30.8 Å². The molecule has 0 unspecified atom stereocenters. The quantitative estimate of drug-likeness (QED) is 0.714. The Hall–Kier alpha value is -2.01. The third kappa shape index (κ3) is 6.09. The van der Waals surface area contributed by atoms with Crippen molar-refractivity contribution in [2.24, 2.45) is 0 Å². The fourth-order valence-electron chi connectivity index (χ4n) is 2.36. The molecular formula is C20H24FNO2S. The van der Waals surface area contributed by atoms with E-state index in [1.165, 1.54) is 6.07 Å². The van der Waals surface area contributed by atoms with Crippen molar-refractivity contribution in [3.05, 3.63) is 65.0 Å². The first-order valence-electron chi connectivity index (χ1n) is 8.30. The molecule has 0 heterocycles. The van der Waals surface area contributed by atoms with Gasteiger partial charge in [-0.2, -0.15) is 11.8 Å². The highest BCUT2D eigenvalue weighted by molar-refractivity contribution is 7.98. The molecule has 0 radical (unpaired) electrons. The molecule has 1 atom stereocenters. The summed E-state index contributed by atoms with van der Waals surface area (Å²) in [4.78, 5) is 12.1. The van der Waals surface area contributed by atoms with Crippen molar-refractivity contribution in [1.82, 2.24) is 5.32 Å². The van der Waals surface area contributed by atoms with Crippen LogP contribution in [0.5, 0.6) is 5.75 Å². The van der Waals surface area contributed by atoms with E-state index in [-0.39, 0.29) is 11.7 Å². The summed E-state index contributed by atoms with van der Waals surface area (Å²) >= 11 is 1.59. The number of carbonyl (C=O) groups is 1. The van der Waals surface area contributed by atoms with Gasteiger partial charge >= 0.3 is 0 Å². The SMILES string of the molecule is Cc1ccc(O[C@H](C)C(=O)NCCSCc2ccccc2F)c(C)c1. The zero-order valence-corrected chi connectivity index (χ0v) is 15.7. The molecule has 0 aromatic heterocycles. The Morgan fingerprint density at radius 1 is 1.24 bits per heavy atom. The lowest BCUT2D eigenvalue weighted by molar-refractivity contribution is -0.127. The second kappa shape index (κ2) is 9.47. The summed E-state index contributed by atoms with van der Waals surface area (Å²) in [5.74, 6) is 1.70. The highest BCUT2D eigenvalue weighted by Crippen LogP contribution is 2.20. The molecule has 0 aliphatic rings. The predicted molar refractivity (Wildman–Crippen MR) is 102 cm³/mol. The van der Waals surface area contributed by atoms with E-state index in [1.807, 2.05) is 38.1 Å². The summed E-state index contributed by atoms with van der Waals surface area (Å²) < 4.78 is 19.2. The van der Waals surface area contributed by atoms with Gasteiger partial charge in [-0.25, -0.2) is 4.39 Å². The molecule has 1 amide bonds. The molecule has 25 heavy (non-hydrogen) atoms. The molecule has 5 heteroatoms. The molecule has 0 aliphatic carbocycles. The standard InChI is InChI=1S/C20H24FNO2S/c1-14-8-9-19(15(2)12-14)24-16(3)20(23)22-10-11-25-13-17-6-4-5-7-18(17)21/h4-9,12,16H,10-11,13H2,1-3H3,(H,22,23)/t16-/m1/s1. The highest BCUT2D eigenvalue weighted by Gasteiger charge is 2.15. The highest BCUT2D eigenvalue weighted by atomic mass is 32.2. The van der Waals surface area contributed by atoms with Crippen molar-refractivity contribution in [3.8, 4) is 5.75 Å². The summed E-state index contributed by atoms with van der Waals surface area (Å²) in [6, 6.07) is 12.6. The molecular weight excluding hydrogens is 337 g/mol. The van der Waals surface area contributed by atoms with E-state index in [0.29, 0.717) is 17.9 Å². The van der Waals surface area contributed by atoms with Gasteiger partial charge < -0.3 is 10.1 Å². The third-order valence-corrected chi connectivity index (χ3v) is 4.77. The first kappa shape index (κ1) is 19.3. The van der Waals surface area contributed by atoms with Crippen molar-refractivity contribution in [2.75, 3.05) is 12.3 Å². The number of aryl methyl sites for hydroxylation is 2. The predicted octanol–water partition coefficient (Wildman–Crippen LogP) is 4.26. The molecule has 0 saturated carbocycles. The molecule has 2 aromatic carbocycles. The first-order chi connectivity index (χ1) is 12.0. The van der Waals surface area contributed by atoms with Crippen molar-refractivity contribution < 1.29 is 13.9 Å². The second-order valence-electron chi connectivity index (χ2n) is 5.96. The van der Waals surface area contributed by atoms with Crippen LogP contribution in [0.4, 0.5) is 4.39 Å². The maximum Gasteiger partial charge on any atom is 0.260 e. The van der Waals surface area contributed by atoms with Crippen molar-refractivity contribution >= 4 is 17.7 Å². The number of amides is 1. The zero-order chi connectivity index (χ0) is 18.2. The zero-order valence-electron chi connectivity index (χ0n) is 14.8. The maximum atomic E-state index is 13.5. The smallest absolute Gasteiger partial charge is 0.260 e. The molecule has 134 valence electrons. The Labute approximate surface area is 153 Å². The van der Waals surface area contributed by atoms with Crippen molar-refractivity contribution in [2.45, 2.75) is 32.6 Å². The number of carbonyl (C=O) groups excluding carboxylic acids is 1. The van der Waals surface area contributed by atoms with Gasteiger partial charge in [0.15, 0.2) is 6.10 Å². The van der Waals surface area contributed by atoms with Crippen LogP contribution in [-0.4, -0.2) is 24.3 Å². The number of ether oxygens (including phenoxy) is 1. The summed E-state index contributed by atoms with van der Waals surface area (Å²) in [5, 5.41) is 2.86. The molecule has 0 spiro atoms. The average Bonchev–Trinajstić information content (AvgIpc) is 2.58. The minimum Gasteiger partial charge on any atom is -0.481 e. The van der Waals surface area contributed by atoms with Crippen LogP contribution in [0.15, 0.2) is 42.5 Å². The van der Waals surface area contributed by atoms with E-state index in [4.69, 9.17) is 4.74 Å². The monoisotopic (exact) mass is 361 g/mol.